The normalized spacial score (nSPS) is 16.7. The molecule has 1 atom stereocenters. The summed E-state index contributed by atoms with van der Waals surface area (Å²) in [4.78, 5) is 10.2. The summed E-state index contributed by atoms with van der Waals surface area (Å²) in [6, 6.07) is 16.9. The third kappa shape index (κ3) is 7.35. The number of ether oxygens (including phenoxy) is 1. The van der Waals surface area contributed by atoms with Gasteiger partial charge in [0.25, 0.3) is 0 Å². The van der Waals surface area contributed by atoms with E-state index in [1.807, 2.05) is 18.2 Å². The molecule has 0 bridgehead atoms. The fraction of sp³-hybridized carbons (Fsp3) is 0.462. The summed E-state index contributed by atoms with van der Waals surface area (Å²) < 4.78 is 6.10. The van der Waals surface area contributed by atoms with E-state index in [0.717, 1.165) is 17.0 Å². The molecule has 0 N–H and O–H groups in total. The Kier molecular flexibility index (Phi) is 10.8. The van der Waals surface area contributed by atoms with Crippen molar-refractivity contribution in [2.45, 2.75) is 66.3 Å². The van der Waals surface area contributed by atoms with Gasteiger partial charge in [0.05, 0.1) is 11.7 Å². The topological polar surface area (TPSA) is 34.0 Å². The molecule has 0 aromatic heterocycles. The Bertz CT molecular complexity index is 908. The molecule has 0 aliphatic carbocycles. The second-order valence-corrected chi connectivity index (χ2v) is 16.8. The number of nitrogens with zero attached hydrogens (tertiary/aromatic N) is 2. The Morgan fingerprint density at radius 1 is 0.969 bits per heavy atom. The third-order valence-corrected chi connectivity index (χ3v) is 5.47. The zero-order valence-corrected chi connectivity index (χ0v) is 24.7. The first-order valence-corrected chi connectivity index (χ1v) is 18.0. The maximum atomic E-state index is 6.10. The van der Waals surface area contributed by atoms with Crippen LogP contribution in [-0.2, 0) is 18.7 Å². The standard InChI is InChI=1S/C26H34N2O.2BrH.Pd/c1-17(2)20-14-11-15-21(18(3)4)24(20)28-23(19-12-9-8-10-13-19)25-27-22(16-29-25)26(5,6)7;;;/h8-15,17-18,22H,16H2,1-7H3;2*1H;/q;;;+2/p-2/t22-;;;/m1.../s1. The van der Waals surface area contributed by atoms with Crippen molar-refractivity contribution in [1.29, 1.82) is 0 Å². The number of aliphatic imine (C=N–C) groups is 2. The molecule has 0 fully saturated rings. The molecule has 0 saturated heterocycles. The molecule has 0 unspecified atom stereocenters. The number of benzene rings is 2. The summed E-state index contributed by atoms with van der Waals surface area (Å²) in [6.07, 6.45) is 0. The predicted octanol–water partition coefficient (Wildman–Crippen LogP) is 8.59. The van der Waals surface area contributed by atoms with Gasteiger partial charge >= 0.3 is 40.8 Å². The van der Waals surface area contributed by atoms with Gasteiger partial charge in [-0.25, -0.2) is 9.98 Å². The van der Waals surface area contributed by atoms with Crippen molar-refractivity contribution in [3.8, 4) is 0 Å². The first-order chi connectivity index (χ1) is 15.1. The molecular weight excluding hydrogens is 623 g/mol. The van der Waals surface area contributed by atoms with Gasteiger partial charge in [-0.15, -0.1) is 0 Å². The van der Waals surface area contributed by atoms with E-state index in [4.69, 9.17) is 14.7 Å². The molecule has 178 valence electrons. The average molecular weight is 657 g/mol. The van der Waals surface area contributed by atoms with Crippen molar-refractivity contribution < 1.29 is 18.7 Å². The van der Waals surface area contributed by atoms with Crippen molar-refractivity contribution in [2.75, 3.05) is 6.61 Å². The summed E-state index contributed by atoms with van der Waals surface area (Å²) in [7, 11) is 0. The van der Waals surface area contributed by atoms with Gasteiger partial charge < -0.3 is 4.74 Å². The summed E-state index contributed by atoms with van der Waals surface area (Å²) in [5, 5.41) is 0. The van der Waals surface area contributed by atoms with Gasteiger partial charge in [-0.05, 0) is 28.4 Å². The van der Waals surface area contributed by atoms with E-state index in [2.05, 4.69) is 106 Å². The molecule has 6 heteroatoms. The van der Waals surface area contributed by atoms with Crippen LogP contribution < -0.4 is 0 Å². The number of hydrogen-bond donors (Lipinski definition) is 0. The molecule has 2 aromatic carbocycles. The van der Waals surface area contributed by atoms with Crippen molar-refractivity contribution in [2.24, 2.45) is 15.4 Å². The molecule has 0 saturated carbocycles. The van der Waals surface area contributed by atoms with E-state index < -0.39 is 0 Å². The minimum absolute atomic E-state index is 0.0580. The van der Waals surface area contributed by atoms with Crippen LogP contribution in [0.15, 0.2) is 58.5 Å². The molecule has 0 amide bonds. The number of rotatable bonds is 5. The zero-order chi connectivity index (χ0) is 23.9. The molecule has 0 spiro atoms. The van der Waals surface area contributed by atoms with Crippen LogP contribution in [-0.4, -0.2) is 24.3 Å². The first-order valence-electron chi connectivity index (χ1n) is 10.9. The number of hydrogen-bond acceptors (Lipinski definition) is 3. The van der Waals surface area contributed by atoms with Crippen LogP contribution in [0.25, 0.3) is 0 Å². The second kappa shape index (κ2) is 12.6. The third-order valence-electron chi connectivity index (χ3n) is 5.47. The Labute approximate surface area is 215 Å². The van der Waals surface area contributed by atoms with Gasteiger partial charge in [0, 0.05) is 5.56 Å². The quantitative estimate of drug-likeness (QED) is 0.235. The number of para-hydroxylation sites is 1. The second-order valence-electron chi connectivity index (χ2n) is 9.59. The summed E-state index contributed by atoms with van der Waals surface area (Å²) in [5.41, 5.74) is 5.50. The first kappa shape index (κ1) is 27.4. The van der Waals surface area contributed by atoms with E-state index in [1.165, 1.54) is 11.1 Å². The van der Waals surface area contributed by atoms with Gasteiger partial charge in [0.2, 0.25) is 5.90 Å². The summed E-state index contributed by atoms with van der Waals surface area (Å²) in [6.45, 7) is 16.1. The van der Waals surface area contributed by atoms with Gasteiger partial charge in [-0.2, -0.15) is 0 Å². The average Bonchev–Trinajstić information content (AvgIpc) is 3.23. The van der Waals surface area contributed by atoms with Crippen LogP contribution in [0.1, 0.15) is 77.0 Å². The van der Waals surface area contributed by atoms with E-state index in [1.54, 1.807) is 0 Å². The van der Waals surface area contributed by atoms with E-state index >= 15 is 0 Å². The molecule has 2 aromatic rings. The van der Waals surface area contributed by atoms with E-state index in [-0.39, 0.29) is 11.5 Å². The molecular formula is C26H34Br2N2OPd. The van der Waals surface area contributed by atoms with Gasteiger partial charge in [0.15, 0.2) is 0 Å². The molecule has 3 nitrogen and oxygen atoms in total. The molecule has 1 aliphatic heterocycles. The zero-order valence-electron chi connectivity index (χ0n) is 19.9. The van der Waals surface area contributed by atoms with Gasteiger partial charge in [-0.3, -0.25) is 0 Å². The van der Waals surface area contributed by atoms with E-state index in [0.29, 0.717) is 38.3 Å². The molecule has 1 heterocycles. The van der Waals surface area contributed by atoms with Crippen LogP contribution in [0.5, 0.6) is 0 Å². The summed E-state index contributed by atoms with van der Waals surface area (Å²) >= 11 is 6.80. The number of halogens is 2. The minimum atomic E-state index is 0.0580. The SMILES string of the molecule is CC(C)c1cccc(C(C)C)c1N=C(C1=N[C@@H](C(C)(C)C)CO1)c1ccccc1.[Br][Pd][Br]. The Morgan fingerprint density at radius 3 is 1.94 bits per heavy atom. The maximum absolute atomic E-state index is 6.10. The fourth-order valence-corrected chi connectivity index (χ4v) is 3.53. The van der Waals surface area contributed by atoms with Gasteiger partial charge in [0.1, 0.15) is 12.3 Å². The van der Waals surface area contributed by atoms with Crippen LogP contribution in [0.2, 0.25) is 0 Å². The fourth-order valence-electron chi connectivity index (χ4n) is 3.53. The van der Waals surface area contributed by atoms with Gasteiger partial charge in [-0.1, -0.05) is 97.0 Å². The Hall–Kier alpha value is -0.798. The Morgan fingerprint density at radius 2 is 1.50 bits per heavy atom. The van der Waals surface area contributed by atoms with Crippen molar-refractivity contribution >= 4 is 44.2 Å². The van der Waals surface area contributed by atoms with Crippen LogP contribution in [0, 0.1) is 5.41 Å². The molecule has 1 aliphatic rings. The van der Waals surface area contributed by atoms with Crippen molar-refractivity contribution in [3.63, 3.8) is 0 Å². The van der Waals surface area contributed by atoms with Crippen molar-refractivity contribution in [3.05, 3.63) is 65.2 Å². The molecule has 0 radical (unpaired) electrons. The van der Waals surface area contributed by atoms with E-state index in [9.17, 15) is 0 Å². The van der Waals surface area contributed by atoms with Crippen LogP contribution in [0.3, 0.4) is 0 Å². The monoisotopic (exact) mass is 654 g/mol. The molecule has 3 rings (SSSR count). The summed E-state index contributed by atoms with van der Waals surface area (Å²) in [5.74, 6) is 1.43. The van der Waals surface area contributed by atoms with Crippen molar-refractivity contribution in [1.82, 2.24) is 0 Å². The predicted molar refractivity (Wildman–Crippen MR) is 142 cm³/mol. The van der Waals surface area contributed by atoms with Crippen LogP contribution in [0.4, 0.5) is 5.69 Å². The Balaban J connectivity index is 0.00000114. The van der Waals surface area contributed by atoms with Crippen LogP contribution >= 0.6 is 26.9 Å². The molecule has 32 heavy (non-hydrogen) atoms.